The van der Waals surface area contributed by atoms with Gasteiger partial charge in [-0.1, -0.05) is 0 Å². The van der Waals surface area contributed by atoms with Crippen LogP contribution in [0.3, 0.4) is 0 Å². The van der Waals surface area contributed by atoms with Crippen molar-refractivity contribution in [3.8, 4) is 0 Å². The van der Waals surface area contributed by atoms with Gasteiger partial charge in [-0.2, -0.15) is 0 Å². The second-order valence-corrected chi connectivity index (χ2v) is 9.52. The first-order valence-electron chi connectivity index (χ1n) is 5.92. The van der Waals surface area contributed by atoms with Crippen molar-refractivity contribution in [1.82, 2.24) is 0 Å². The zero-order chi connectivity index (χ0) is 13.3. The molecule has 0 N–H and O–H groups in total. The fourth-order valence-corrected chi connectivity index (χ4v) is 4.97. The molecule has 94 valence electrons. The second kappa shape index (κ2) is 5.12. The van der Waals surface area contributed by atoms with Crippen molar-refractivity contribution < 1.29 is 4.79 Å². The summed E-state index contributed by atoms with van der Waals surface area (Å²) in [6, 6.07) is 0. The quantitative estimate of drug-likeness (QED) is 0.402. The average Bonchev–Trinajstić information content (AvgIpc) is 2.15. The predicted octanol–water partition coefficient (Wildman–Crippen LogP) is 3.69. The molecule has 0 aromatic carbocycles. The summed E-state index contributed by atoms with van der Waals surface area (Å²) in [7, 11) is 0. The van der Waals surface area contributed by atoms with Crippen molar-refractivity contribution >= 4 is 27.2 Å². The van der Waals surface area contributed by atoms with Gasteiger partial charge in [-0.3, -0.25) is 0 Å². The summed E-state index contributed by atoms with van der Waals surface area (Å²) in [4.78, 5) is 10.7. The van der Waals surface area contributed by atoms with Crippen LogP contribution < -0.4 is 0 Å². The van der Waals surface area contributed by atoms with Gasteiger partial charge in [0.15, 0.2) is 0 Å². The molecule has 0 bridgehead atoms. The third kappa shape index (κ3) is 4.12. The molecule has 1 aliphatic rings. The Kier molecular flexibility index (Phi) is 4.44. The Balaban J connectivity index is 3.17. The van der Waals surface area contributed by atoms with Crippen molar-refractivity contribution in [2.45, 2.75) is 41.5 Å². The van der Waals surface area contributed by atoms with Crippen LogP contribution in [0.5, 0.6) is 0 Å². The SMILES string of the molecule is CC(C)(C)C1=CC(=CC=O)C=C(C(C)(C)C)[Te]1. The molecule has 0 spiro atoms. The Bertz CT molecular complexity index is 366. The summed E-state index contributed by atoms with van der Waals surface area (Å²) in [5.41, 5.74) is 1.50. The van der Waals surface area contributed by atoms with Crippen LogP contribution in [0.15, 0.2) is 31.0 Å². The molecule has 0 saturated carbocycles. The standard InChI is InChI=1S/C15H22OTe/c1-14(2,3)12-9-11(7-8-16)10-13(17-12)15(4,5)6/h7-10H,1-6H3. The van der Waals surface area contributed by atoms with Gasteiger partial charge >= 0.3 is 115 Å². The molecule has 0 amide bonds. The van der Waals surface area contributed by atoms with Gasteiger partial charge in [0.2, 0.25) is 0 Å². The van der Waals surface area contributed by atoms with E-state index in [2.05, 4.69) is 53.7 Å². The van der Waals surface area contributed by atoms with E-state index in [-0.39, 0.29) is 31.8 Å². The number of hydrogen-bond donors (Lipinski definition) is 0. The number of rotatable bonds is 1. The van der Waals surface area contributed by atoms with Crippen LogP contribution in [0.25, 0.3) is 0 Å². The first-order valence-corrected chi connectivity index (χ1v) is 8.25. The van der Waals surface area contributed by atoms with Crippen LogP contribution in [0.2, 0.25) is 0 Å². The van der Waals surface area contributed by atoms with Crippen LogP contribution in [-0.4, -0.2) is 27.2 Å². The second-order valence-electron chi connectivity index (χ2n) is 6.42. The number of allylic oxidation sites excluding steroid dienone is 6. The van der Waals surface area contributed by atoms with E-state index in [4.69, 9.17) is 0 Å². The van der Waals surface area contributed by atoms with Gasteiger partial charge in [0.1, 0.15) is 0 Å². The summed E-state index contributed by atoms with van der Waals surface area (Å²) >= 11 is -0.267. The summed E-state index contributed by atoms with van der Waals surface area (Å²) in [6.45, 7) is 13.5. The summed E-state index contributed by atoms with van der Waals surface area (Å²) in [5, 5.41) is 0. The molecule has 0 aliphatic carbocycles. The van der Waals surface area contributed by atoms with Crippen molar-refractivity contribution in [1.29, 1.82) is 0 Å². The average molecular weight is 346 g/mol. The molecule has 0 unspecified atom stereocenters. The molecule has 0 radical (unpaired) electrons. The van der Waals surface area contributed by atoms with Crippen molar-refractivity contribution in [3.05, 3.63) is 31.0 Å². The molecular formula is C15H22OTe. The van der Waals surface area contributed by atoms with Crippen LogP contribution in [0.4, 0.5) is 0 Å². The summed E-state index contributed by atoms with van der Waals surface area (Å²) in [5.74, 6) is 0. The predicted molar refractivity (Wildman–Crippen MR) is 75.0 cm³/mol. The molecule has 1 aliphatic heterocycles. The fourth-order valence-electron chi connectivity index (χ4n) is 1.44. The van der Waals surface area contributed by atoms with Gasteiger partial charge < -0.3 is 0 Å². The van der Waals surface area contributed by atoms with E-state index in [0.717, 1.165) is 11.9 Å². The topological polar surface area (TPSA) is 17.1 Å². The van der Waals surface area contributed by atoms with Crippen LogP contribution >= 0.6 is 0 Å². The molecule has 0 fully saturated rings. The van der Waals surface area contributed by atoms with Crippen LogP contribution in [0.1, 0.15) is 41.5 Å². The maximum atomic E-state index is 10.7. The zero-order valence-corrected chi connectivity index (χ0v) is 14.0. The molecule has 17 heavy (non-hydrogen) atoms. The molecule has 0 aromatic rings. The van der Waals surface area contributed by atoms with Gasteiger partial charge in [0.05, 0.1) is 0 Å². The van der Waals surface area contributed by atoms with E-state index < -0.39 is 0 Å². The van der Waals surface area contributed by atoms with Crippen LogP contribution in [-0.2, 0) is 4.79 Å². The maximum absolute atomic E-state index is 10.7. The Morgan fingerprint density at radius 2 is 1.35 bits per heavy atom. The van der Waals surface area contributed by atoms with E-state index in [1.165, 1.54) is 7.24 Å². The number of carbonyl (C=O) groups excluding carboxylic acids is 1. The molecule has 1 rings (SSSR count). The van der Waals surface area contributed by atoms with Crippen molar-refractivity contribution in [2.24, 2.45) is 10.8 Å². The first-order chi connectivity index (χ1) is 7.64. The van der Waals surface area contributed by atoms with Crippen LogP contribution in [0, 0.1) is 10.8 Å². The normalized spacial score (nSPS) is 17.4. The van der Waals surface area contributed by atoms with Crippen molar-refractivity contribution in [2.75, 3.05) is 0 Å². The monoisotopic (exact) mass is 348 g/mol. The Morgan fingerprint density at radius 1 is 0.941 bits per heavy atom. The van der Waals surface area contributed by atoms with E-state index in [1.807, 2.05) is 0 Å². The summed E-state index contributed by atoms with van der Waals surface area (Å²) in [6.07, 6.45) is 6.98. The molecule has 1 heterocycles. The third-order valence-electron chi connectivity index (χ3n) is 2.55. The number of hydrogen-bond acceptors (Lipinski definition) is 1. The number of carbonyl (C=O) groups is 1. The van der Waals surface area contributed by atoms with Gasteiger partial charge in [-0.05, 0) is 0 Å². The Labute approximate surface area is 115 Å². The summed E-state index contributed by atoms with van der Waals surface area (Å²) < 4.78 is 3.06. The van der Waals surface area contributed by atoms with Gasteiger partial charge in [0.25, 0.3) is 0 Å². The molecule has 0 saturated heterocycles. The molecule has 1 nitrogen and oxygen atoms in total. The Morgan fingerprint density at radius 3 is 1.65 bits per heavy atom. The first kappa shape index (κ1) is 14.7. The molecule has 2 heteroatoms. The molecule has 0 atom stereocenters. The van der Waals surface area contributed by atoms with Crippen molar-refractivity contribution in [3.63, 3.8) is 0 Å². The van der Waals surface area contributed by atoms with E-state index in [1.54, 1.807) is 6.08 Å². The number of aldehydes is 1. The Hall–Kier alpha value is -0.320. The van der Waals surface area contributed by atoms with Gasteiger partial charge in [-0.25, -0.2) is 0 Å². The van der Waals surface area contributed by atoms with Gasteiger partial charge in [0, 0.05) is 0 Å². The van der Waals surface area contributed by atoms with Gasteiger partial charge in [-0.15, -0.1) is 0 Å². The zero-order valence-electron chi connectivity index (χ0n) is 11.6. The minimum atomic E-state index is -0.267. The molecular weight excluding hydrogens is 324 g/mol. The third-order valence-corrected chi connectivity index (χ3v) is 7.98. The van der Waals surface area contributed by atoms with E-state index in [0.29, 0.717) is 0 Å². The van der Waals surface area contributed by atoms with E-state index in [9.17, 15) is 4.79 Å². The fraction of sp³-hybridized carbons (Fsp3) is 0.533. The minimum absolute atomic E-state index is 0.217. The molecule has 0 aromatic heterocycles. The van der Waals surface area contributed by atoms with E-state index >= 15 is 0 Å².